The average Bonchev–Trinajstić information content (AvgIpc) is 2.76. The summed E-state index contributed by atoms with van der Waals surface area (Å²) in [6.07, 6.45) is -0.878. The number of hydrogen-bond acceptors (Lipinski definition) is 5. The van der Waals surface area contributed by atoms with E-state index in [1.54, 1.807) is 24.3 Å². The van der Waals surface area contributed by atoms with Gasteiger partial charge in [0, 0.05) is 24.3 Å². The number of carbonyl (C=O) groups is 2. The summed E-state index contributed by atoms with van der Waals surface area (Å²) < 4.78 is 48.4. The van der Waals surface area contributed by atoms with Crippen molar-refractivity contribution in [1.29, 1.82) is 0 Å². The minimum atomic E-state index is -4.19. The van der Waals surface area contributed by atoms with Crippen molar-refractivity contribution in [2.45, 2.75) is 31.5 Å². The Morgan fingerprint density at radius 2 is 2.06 bits per heavy atom. The molecule has 3 rings (SSSR count). The first kappa shape index (κ1) is 22.7. The van der Waals surface area contributed by atoms with Crippen LogP contribution in [0.1, 0.15) is 35.2 Å². The van der Waals surface area contributed by atoms with E-state index in [9.17, 15) is 22.8 Å². The molecular formula is C22H23F3N2O4. The highest BCUT2D eigenvalue weighted by Gasteiger charge is 2.39. The van der Waals surface area contributed by atoms with Crippen molar-refractivity contribution in [1.82, 2.24) is 10.3 Å². The number of aromatic nitrogens is 1. The van der Waals surface area contributed by atoms with Gasteiger partial charge in [0.25, 0.3) is 5.91 Å². The fourth-order valence-electron chi connectivity index (χ4n) is 3.64. The Kier molecular flexibility index (Phi) is 6.94. The lowest BCUT2D eigenvalue weighted by molar-refractivity contribution is -0.175. The smallest absolute Gasteiger partial charge is 0.392 e. The quantitative estimate of drug-likeness (QED) is 0.695. The molecule has 1 aromatic heterocycles. The normalized spacial score (nSPS) is 17.7. The molecule has 0 aliphatic heterocycles. The molecule has 9 heteroatoms. The zero-order valence-corrected chi connectivity index (χ0v) is 17.2. The third kappa shape index (κ3) is 5.22. The Morgan fingerprint density at radius 1 is 1.29 bits per heavy atom. The van der Waals surface area contributed by atoms with Crippen molar-refractivity contribution >= 4 is 28.4 Å². The van der Waals surface area contributed by atoms with Crippen LogP contribution >= 0.6 is 0 Å². The maximum atomic E-state index is 12.9. The van der Waals surface area contributed by atoms with Gasteiger partial charge in [0.05, 0.1) is 30.7 Å². The fraction of sp³-hybridized carbons (Fsp3) is 0.409. The number of rotatable bonds is 6. The number of nitrogens with one attached hydrogen (secondary N) is 1. The van der Waals surface area contributed by atoms with E-state index in [2.05, 4.69) is 15.0 Å². The molecule has 1 N–H and O–H groups in total. The number of methoxy groups -OCH3 is 2. The largest absolute Gasteiger partial charge is 0.467 e. The molecule has 6 nitrogen and oxygen atoms in total. The molecule has 1 aromatic carbocycles. The highest BCUT2D eigenvalue weighted by atomic mass is 19.4. The second-order valence-electron chi connectivity index (χ2n) is 7.35. The maximum absolute atomic E-state index is 12.9. The predicted molar refractivity (Wildman–Crippen MR) is 108 cm³/mol. The molecule has 2 aromatic rings. The van der Waals surface area contributed by atoms with E-state index in [4.69, 9.17) is 4.74 Å². The van der Waals surface area contributed by atoms with Gasteiger partial charge in [-0.25, -0.2) is 4.79 Å². The summed E-state index contributed by atoms with van der Waals surface area (Å²) in [5, 5.41) is 3.22. The van der Waals surface area contributed by atoms with Crippen LogP contribution in [-0.2, 0) is 14.3 Å². The molecule has 0 fully saturated rings. The molecule has 0 unspecified atom stereocenters. The van der Waals surface area contributed by atoms with Crippen LogP contribution in [0.4, 0.5) is 13.2 Å². The molecule has 0 saturated carbocycles. The first-order valence-corrected chi connectivity index (χ1v) is 9.77. The van der Waals surface area contributed by atoms with Crippen molar-refractivity contribution < 1.29 is 32.2 Å². The van der Waals surface area contributed by atoms with Crippen molar-refractivity contribution in [3.05, 3.63) is 47.7 Å². The van der Waals surface area contributed by atoms with Gasteiger partial charge in [-0.3, -0.25) is 9.78 Å². The lowest BCUT2D eigenvalue weighted by Crippen LogP contribution is -2.44. The van der Waals surface area contributed by atoms with Crippen LogP contribution in [0.25, 0.3) is 16.5 Å². The highest BCUT2D eigenvalue weighted by Crippen LogP contribution is 2.40. The Labute approximate surface area is 177 Å². The molecule has 31 heavy (non-hydrogen) atoms. The van der Waals surface area contributed by atoms with Crippen LogP contribution < -0.4 is 5.32 Å². The van der Waals surface area contributed by atoms with Gasteiger partial charge in [-0.2, -0.15) is 13.2 Å². The first-order valence-electron chi connectivity index (χ1n) is 9.77. The Balaban J connectivity index is 1.84. The van der Waals surface area contributed by atoms with Crippen molar-refractivity contribution in [2.75, 3.05) is 20.8 Å². The number of benzene rings is 1. The summed E-state index contributed by atoms with van der Waals surface area (Å²) >= 11 is 0. The minimum absolute atomic E-state index is 0.0423. The fourth-order valence-corrected chi connectivity index (χ4v) is 3.64. The lowest BCUT2D eigenvalue weighted by Gasteiger charge is -2.24. The maximum Gasteiger partial charge on any atom is 0.392 e. The number of amides is 1. The van der Waals surface area contributed by atoms with E-state index in [1.165, 1.54) is 20.4 Å². The average molecular weight is 436 g/mol. The Bertz CT molecular complexity index is 1000. The van der Waals surface area contributed by atoms with Gasteiger partial charge in [0.2, 0.25) is 0 Å². The number of fused-ring (bicyclic) bond motifs is 1. The molecular weight excluding hydrogens is 413 g/mol. The SMILES string of the molecule is COC[C@@H](NC(=O)c1cnc2c(C3=CC[C@H](C(F)(F)F)CC3)cccc2c1)C(=O)OC. The molecule has 1 aliphatic carbocycles. The summed E-state index contributed by atoms with van der Waals surface area (Å²) in [5.41, 5.74) is 2.43. The van der Waals surface area contributed by atoms with Crippen molar-refractivity contribution in [2.24, 2.45) is 5.92 Å². The standard InChI is InChI=1S/C22H23F3N2O4/c1-30-12-18(21(29)31-2)27-20(28)15-10-14-4-3-5-17(19(14)26-11-15)13-6-8-16(9-7-13)22(23,24)25/h3-6,10-11,16,18H,7-9,12H2,1-2H3,(H,27,28)/t16-,18+/m0/s1. The van der Waals surface area contributed by atoms with E-state index in [-0.39, 0.29) is 25.0 Å². The van der Waals surface area contributed by atoms with E-state index >= 15 is 0 Å². The summed E-state index contributed by atoms with van der Waals surface area (Å²) in [7, 11) is 2.62. The third-order valence-electron chi connectivity index (χ3n) is 5.32. The lowest BCUT2D eigenvalue weighted by atomic mass is 9.85. The Morgan fingerprint density at radius 3 is 2.68 bits per heavy atom. The molecule has 0 bridgehead atoms. The van der Waals surface area contributed by atoms with Gasteiger partial charge in [0.1, 0.15) is 0 Å². The van der Waals surface area contributed by atoms with Crippen LogP contribution in [-0.4, -0.2) is 49.9 Å². The zero-order chi connectivity index (χ0) is 22.6. The van der Waals surface area contributed by atoms with Gasteiger partial charge in [-0.1, -0.05) is 24.3 Å². The molecule has 0 radical (unpaired) electrons. The number of carbonyl (C=O) groups excluding carboxylic acids is 2. The number of esters is 1. The van der Waals surface area contributed by atoms with Crippen molar-refractivity contribution in [3.63, 3.8) is 0 Å². The van der Waals surface area contributed by atoms with Gasteiger partial charge in [-0.05, 0) is 30.9 Å². The Hall–Kier alpha value is -2.94. The number of allylic oxidation sites excluding steroid dienone is 2. The van der Waals surface area contributed by atoms with E-state index < -0.39 is 30.0 Å². The second kappa shape index (κ2) is 9.47. The summed E-state index contributed by atoms with van der Waals surface area (Å²) in [5.74, 6) is -2.46. The minimum Gasteiger partial charge on any atom is -0.467 e. The van der Waals surface area contributed by atoms with Crippen LogP contribution in [0.2, 0.25) is 0 Å². The van der Waals surface area contributed by atoms with Crippen molar-refractivity contribution in [3.8, 4) is 0 Å². The number of ether oxygens (including phenoxy) is 2. The van der Waals surface area contributed by atoms with Gasteiger partial charge < -0.3 is 14.8 Å². The number of alkyl halides is 3. The number of pyridine rings is 1. The molecule has 1 heterocycles. The van der Waals surface area contributed by atoms with Gasteiger partial charge in [0.15, 0.2) is 6.04 Å². The highest BCUT2D eigenvalue weighted by molar-refractivity contribution is 6.00. The summed E-state index contributed by atoms with van der Waals surface area (Å²) in [4.78, 5) is 28.7. The second-order valence-corrected chi connectivity index (χ2v) is 7.35. The monoisotopic (exact) mass is 436 g/mol. The number of halogens is 3. The molecule has 166 valence electrons. The van der Waals surface area contributed by atoms with E-state index in [1.807, 2.05) is 6.07 Å². The van der Waals surface area contributed by atoms with Crippen LogP contribution in [0.5, 0.6) is 0 Å². The molecule has 0 spiro atoms. The van der Waals surface area contributed by atoms with Crippen LogP contribution in [0.3, 0.4) is 0 Å². The number of hydrogen-bond donors (Lipinski definition) is 1. The molecule has 0 saturated heterocycles. The van der Waals surface area contributed by atoms with E-state index in [0.717, 1.165) is 11.1 Å². The third-order valence-corrected chi connectivity index (χ3v) is 5.32. The molecule has 1 amide bonds. The van der Waals surface area contributed by atoms with Crippen LogP contribution in [0, 0.1) is 5.92 Å². The van der Waals surface area contributed by atoms with E-state index in [0.29, 0.717) is 17.3 Å². The van der Waals surface area contributed by atoms with Gasteiger partial charge >= 0.3 is 12.1 Å². The summed E-state index contributed by atoms with van der Waals surface area (Å²) in [6.45, 7) is -0.0450. The number of nitrogens with zero attached hydrogens (tertiary/aromatic N) is 1. The molecule has 1 aliphatic rings. The number of para-hydroxylation sites is 1. The topological polar surface area (TPSA) is 77.5 Å². The zero-order valence-electron chi connectivity index (χ0n) is 17.2. The first-order chi connectivity index (χ1) is 14.7. The summed E-state index contributed by atoms with van der Waals surface area (Å²) in [6, 6.07) is 6.04. The molecule has 2 atom stereocenters. The predicted octanol–water partition coefficient (Wildman–Crippen LogP) is 3.90. The van der Waals surface area contributed by atoms with Gasteiger partial charge in [-0.15, -0.1) is 0 Å². The van der Waals surface area contributed by atoms with Crippen LogP contribution in [0.15, 0.2) is 36.5 Å².